The predicted octanol–water partition coefficient (Wildman–Crippen LogP) is 3.47. The van der Waals surface area contributed by atoms with E-state index >= 15 is 0 Å². The van der Waals surface area contributed by atoms with Crippen LogP contribution in [0.3, 0.4) is 0 Å². The van der Waals surface area contributed by atoms with Crippen LogP contribution in [0.15, 0.2) is 33.9 Å². The number of Topliss-reactive ketones (excluding diaryl/α,β-unsaturated/α-hetero) is 1. The number of ether oxygens (including phenoxy) is 2. The van der Waals surface area contributed by atoms with Crippen LogP contribution in [0.5, 0.6) is 0 Å². The fourth-order valence-electron chi connectivity index (χ4n) is 2.83. The number of carbonyl (C=O) groups excluding carboxylic acids is 3. The van der Waals surface area contributed by atoms with Gasteiger partial charge in [0.15, 0.2) is 12.2 Å². The third-order valence-electron chi connectivity index (χ3n) is 4.15. The smallest absolute Gasteiger partial charge is 0.340 e. The second-order valence-electron chi connectivity index (χ2n) is 6.17. The van der Waals surface area contributed by atoms with Crippen LogP contribution in [0.1, 0.15) is 39.0 Å². The zero-order valence-electron chi connectivity index (χ0n) is 16.2. The zero-order valence-corrected chi connectivity index (χ0v) is 17.1. The molecule has 0 spiro atoms. The molecule has 152 valence electrons. The number of nitrogens with zero attached hydrogens (tertiary/aromatic N) is 1. The lowest BCUT2D eigenvalue weighted by Gasteiger charge is -2.04. The molecule has 0 amide bonds. The van der Waals surface area contributed by atoms with Gasteiger partial charge >= 0.3 is 11.9 Å². The summed E-state index contributed by atoms with van der Waals surface area (Å²) in [5.74, 6) is -1.54. The quantitative estimate of drug-likeness (QED) is 0.338. The summed E-state index contributed by atoms with van der Waals surface area (Å²) in [6.45, 7) is 4.84. The number of aromatic nitrogens is 2. The number of para-hydroxylation sites is 2. The maximum Gasteiger partial charge on any atom is 0.340 e. The Morgan fingerprint density at radius 2 is 1.93 bits per heavy atom. The van der Waals surface area contributed by atoms with E-state index in [0.29, 0.717) is 33.1 Å². The number of ketones is 1. The molecule has 3 aromatic rings. The minimum Gasteiger partial charge on any atom is -0.462 e. The molecular formula is C20H20N2O6S. The number of rotatable bonds is 8. The van der Waals surface area contributed by atoms with Crippen LogP contribution in [0.25, 0.3) is 11.1 Å². The zero-order chi connectivity index (χ0) is 21.0. The van der Waals surface area contributed by atoms with Gasteiger partial charge in [0.25, 0.3) is 5.22 Å². The summed E-state index contributed by atoms with van der Waals surface area (Å²) in [6.07, 6.45) is 0. The van der Waals surface area contributed by atoms with Crippen LogP contribution in [-0.4, -0.2) is 46.7 Å². The summed E-state index contributed by atoms with van der Waals surface area (Å²) in [5, 5.41) is 0.351. The molecule has 0 saturated carbocycles. The molecule has 0 bridgehead atoms. The lowest BCUT2D eigenvalue weighted by Crippen LogP contribution is -2.16. The third-order valence-corrected chi connectivity index (χ3v) is 4.95. The Bertz CT molecular complexity index is 1040. The van der Waals surface area contributed by atoms with E-state index in [1.54, 1.807) is 26.8 Å². The van der Waals surface area contributed by atoms with Gasteiger partial charge in [0.2, 0.25) is 5.78 Å². The second-order valence-corrected chi connectivity index (χ2v) is 7.09. The molecule has 29 heavy (non-hydrogen) atoms. The summed E-state index contributed by atoms with van der Waals surface area (Å²) in [4.78, 5) is 43.5. The van der Waals surface area contributed by atoms with E-state index in [9.17, 15) is 14.4 Å². The third kappa shape index (κ3) is 4.68. The average molecular weight is 416 g/mol. The van der Waals surface area contributed by atoms with E-state index in [0.717, 1.165) is 11.8 Å². The average Bonchev–Trinajstić information content (AvgIpc) is 3.24. The molecule has 2 heterocycles. The van der Waals surface area contributed by atoms with E-state index in [1.165, 1.54) is 0 Å². The van der Waals surface area contributed by atoms with E-state index in [1.807, 2.05) is 18.2 Å². The fraction of sp³-hybridized carbons (Fsp3) is 0.300. The second kappa shape index (κ2) is 8.95. The molecule has 0 radical (unpaired) electrons. The molecule has 8 nitrogen and oxygen atoms in total. The van der Waals surface area contributed by atoms with Crippen molar-refractivity contribution in [3.8, 4) is 0 Å². The topological polar surface area (TPSA) is 111 Å². The van der Waals surface area contributed by atoms with Gasteiger partial charge in [-0.2, -0.15) is 0 Å². The van der Waals surface area contributed by atoms with E-state index in [2.05, 4.69) is 9.97 Å². The number of oxazole rings is 1. The molecule has 0 aliphatic carbocycles. The van der Waals surface area contributed by atoms with Gasteiger partial charge < -0.3 is 18.9 Å². The molecule has 0 unspecified atom stereocenters. The standard InChI is InChI=1S/C20H20N2O6S/c1-4-26-19(25)17-11(2)18(21-12(17)3)14(23)9-27-16(24)10-29-20-22-13-7-5-6-8-15(13)28-20/h5-8,21H,4,9-10H2,1-3H3. The summed E-state index contributed by atoms with van der Waals surface area (Å²) in [6, 6.07) is 7.27. The van der Waals surface area contributed by atoms with Gasteiger partial charge in [0.05, 0.1) is 17.9 Å². The van der Waals surface area contributed by atoms with Gasteiger partial charge in [-0.05, 0) is 38.5 Å². The van der Waals surface area contributed by atoms with Crippen molar-refractivity contribution in [1.29, 1.82) is 0 Å². The van der Waals surface area contributed by atoms with Gasteiger partial charge in [0.1, 0.15) is 11.3 Å². The number of aromatic amines is 1. The van der Waals surface area contributed by atoms with Gasteiger partial charge in [-0.1, -0.05) is 23.9 Å². The number of hydrogen-bond acceptors (Lipinski definition) is 8. The predicted molar refractivity (Wildman–Crippen MR) is 106 cm³/mol. The molecule has 3 rings (SSSR count). The first-order chi connectivity index (χ1) is 13.9. The van der Waals surface area contributed by atoms with Crippen molar-refractivity contribution in [3.05, 3.63) is 46.8 Å². The highest BCUT2D eigenvalue weighted by Gasteiger charge is 2.23. The van der Waals surface area contributed by atoms with Crippen LogP contribution in [-0.2, 0) is 14.3 Å². The molecule has 2 aromatic heterocycles. The molecule has 0 aliphatic heterocycles. The van der Waals surface area contributed by atoms with Gasteiger partial charge in [-0.3, -0.25) is 9.59 Å². The molecule has 0 atom stereocenters. The van der Waals surface area contributed by atoms with Crippen LogP contribution < -0.4 is 0 Å². The Hall–Kier alpha value is -3.07. The largest absolute Gasteiger partial charge is 0.462 e. The maximum absolute atomic E-state index is 12.4. The first-order valence-corrected chi connectivity index (χ1v) is 9.92. The fourth-order valence-corrected chi connectivity index (χ4v) is 3.47. The number of H-pyrrole nitrogens is 1. The van der Waals surface area contributed by atoms with E-state index < -0.39 is 24.3 Å². The van der Waals surface area contributed by atoms with Gasteiger partial charge in [0, 0.05) is 5.69 Å². The number of esters is 2. The van der Waals surface area contributed by atoms with Gasteiger partial charge in [-0.25, -0.2) is 9.78 Å². The molecule has 1 aromatic carbocycles. The normalized spacial score (nSPS) is 10.9. The number of fused-ring (bicyclic) bond motifs is 1. The summed E-state index contributed by atoms with van der Waals surface area (Å²) in [5.41, 5.74) is 2.89. The minimum absolute atomic E-state index is 0.0447. The van der Waals surface area contributed by atoms with Crippen molar-refractivity contribution in [2.75, 3.05) is 19.0 Å². The Morgan fingerprint density at radius 1 is 1.17 bits per heavy atom. The Morgan fingerprint density at radius 3 is 2.66 bits per heavy atom. The van der Waals surface area contributed by atoms with Crippen LogP contribution in [0, 0.1) is 13.8 Å². The molecule has 0 aliphatic rings. The molecule has 0 saturated heterocycles. The summed E-state index contributed by atoms with van der Waals surface area (Å²) >= 11 is 1.09. The SMILES string of the molecule is CCOC(=O)c1c(C)[nH]c(C(=O)COC(=O)CSc2nc3ccccc3o2)c1C. The van der Waals surface area contributed by atoms with E-state index in [-0.39, 0.29) is 18.1 Å². The Balaban J connectivity index is 1.55. The number of hydrogen-bond donors (Lipinski definition) is 1. The molecular weight excluding hydrogens is 396 g/mol. The number of carbonyl (C=O) groups is 3. The number of nitrogens with one attached hydrogen (secondary N) is 1. The first kappa shape index (κ1) is 20.7. The van der Waals surface area contributed by atoms with Crippen molar-refractivity contribution >= 4 is 40.6 Å². The van der Waals surface area contributed by atoms with Crippen molar-refractivity contribution in [3.63, 3.8) is 0 Å². The lowest BCUT2D eigenvalue weighted by atomic mass is 10.1. The van der Waals surface area contributed by atoms with Crippen LogP contribution >= 0.6 is 11.8 Å². The number of benzene rings is 1. The van der Waals surface area contributed by atoms with Crippen molar-refractivity contribution in [2.45, 2.75) is 26.0 Å². The molecule has 0 fully saturated rings. The minimum atomic E-state index is -0.572. The Kier molecular flexibility index (Phi) is 6.38. The van der Waals surface area contributed by atoms with E-state index in [4.69, 9.17) is 13.9 Å². The van der Waals surface area contributed by atoms with Crippen LogP contribution in [0.2, 0.25) is 0 Å². The monoisotopic (exact) mass is 416 g/mol. The highest BCUT2D eigenvalue weighted by molar-refractivity contribution is 7.99. The van der Waals surface area contributed by atoms with Crippen molar-refractivity contribution < 1.29 is 28.3 Å². The maximum atomic E-state index is 12.4. The van der Waals surface area contributed by atoms with Crippen LogP contribution in [0.4, 0.5) is 0 Å². The highest BCUT2D eigenvalue weighted by atomic mass is 32.2. The number of thioether (sulfide) groups is 1. The molecule has 1 N–H and O–H groups in total. The summed E-state index contributed by atoms with van der Waals surface area (Å²) in [7, 11) is 0. The molecule has 9 heteroatoms. The number of aryl methyl sites for hydroxylation is 1. The van der Waals surface area contributed by atoms with Gasteiger partial charge in [-0.15, -0.1) is 0 Å². The highest BCUT2D eigenvalue weighted by Crippen LogP contribution is 2.23. The Labute approximate surface area is 171 Å². The van der Waals surface area contributed by atoms with Crippen molar-refractivity contribution in [1.82, 2.24) is 9.97 Å². The first-order valence-electron chi connectivity index (χ1n) is 8.94. The lowest BCUT2D eigenvalue weighted by molar-refractivity contribution is -0.139. The van der Waals surface area contributed by atoms with Crippen molar-refractivity contribution in [2.24, 2.45) is 0 Å². The summed E-state index contributed by atoms with van der Waals surface area (Å²) < 4.78 is 15.6.